The lowest BCUT2D eigenvalue weighted by molar-refractivity contribution is -0.142. The van der Waals surface area contributed by atoms with Gasteiger partial charge in [0.05, 0.1) is 0 Å². The molecule has 12 nitrogen and oxygen atoms in total. The van der Waals surface area contributed by atoms with Crippen LogP contribution in [0, 0.1) is 0 Å². The Morgan fingerprint density at radius 3 is 1.79 bits per heavy atom. The average Bonchev–Trinajstić information content (AvgIpc) is 3.73. The largest absolute Gasteiger partial charge is 0.480 e. The van der Waals surface area contributed by atoms with E-state index in [0.29, 0.717) is 17.7 Å². The predicted octanol–water partition coefficient (Wildman–Crippen LogP) is 4.55. The van der Waals surface area contributed by atoms with Crippen LogP contribution in [0.15, 0.2) is 121 Å². The van der Waals surface area contributed by atoms with Crippen LogP contribution >= 0.6 is 11.8 Å². The number of benzene rings is 4. The number of carbonyl (C=O) groups is 6. The van der Waals surface area contributed by atoms with Crippen molar-refractivity contribution in [1.82, 2.24) is 21.3 Å². The normalized spacial score (nSPS) is 22.3. The van der Waals surface area contributed by atoms with E-state index in [1.54, 1.807) is 60.3 Å². The van der Waals surface area contributed by atoms with Crippen molar-refractivity contribution in [1.29, 1.82) is 0 Å². The van der Waals surface area contributed by atoms with Gasteiger partial charge in [-0.05, 0) is 58.2 Å². The summed E-state index contributed by atoms with van der Waals surface area (Å²) in [5, 5.41) is 25.9. The van der Waals surface area contributed by atoms with Crippen molar-refractivity contribution < 1.29 is 33.9 Å². The highest BCUT2D eigenvalue weighted by Gasteiger charge is 2.33. The van der Waals surface area contributed by atoms with Gasteiger partial charge >= 0.3 is 5.97 Å². The molecule has 13 heteroatoms. The lowest BCUT2D eigenvalue weighted by Gasteiger charge is -2.27. The van der Waals surface area contributed by atoms with E-state index in [1.165, 1.54) is 0 Å². The molecule has 0 aromatic heterocycles. The number of carbonyl (C=O) groups excluding carboxylic acids is 5. The zero-order chi connectivity index (χ0) is 40.1. The molecule has 4 aromatic rings. The van der Waals surface area contributed by atoms with Gasteiger partial charge in [0, 0.05) is 43.0 Å². The van der Waals surface area contributed by atoms with Crippen LogP contribution in [-0.4, -0.2) is 70.0 Å². The monoisotopic (exact) mass is 787 g/mol. The van der Waals surface area contributed by atoms with Gasteiger partial charge in [0.2, 0.25) is 29.5 Å². The van der Waals surface area contributed by atoms with Gasteiger partial charge in [-0.3, -0.25) is 24.0 Å². The minimum atomic E-state index is -1.35. The van der Waals surface area contributed by atoms with Gasteiger partial charge in [-0.15, -0.1) is 11.8 Å². The maximum atomic E-state index is 14.4. The highest BCUT2D eigenvalue weighted by atomic mass is 32.2. The fourth-order valence-corrected chi connectivity index (χ4v) is 7.71. The number of carboxylic acid groups (broad SMARTS) is 1. The molecule has 3 aliphatic rings. The summed E-state index contributed by atoms with van der Waals surface area (Å²) in [6.45, 7) is 0. The maximum Gasteiger partial charge on any atom is 0.326 e. The third-order valence-corrected chi connectivity index (χ3v) is 11.0. The Kier molecular flexibility index (Phi) is 13.9. The number of amides is 5. The highest BCUT2D eigenvalue weighted by Crippen LogP contribution is 2.28. The van der Waals surface area contributed by atoms with E-state index in [0.717, 1.165) is 22.3 Å². The number of nitrogens with one attached hydrogen (secondary N) is 5. The molecule has 5 atom stereocenters. The molecule has 0 aliphatic carbocycles. The number of hydrogen-bond acceptors (Lipinski definition) is 7. The van der Waals surface area contributed by atoms with Gasteiger partial charge in [-0.2, -0.15) is 0 Å². The Labute approximate surface area is 335 Å². The quantitative estimate of drug-likeness (QED) is 0.141. The predicted molar refractivity (Wildman–Crippen MR) is 219 cm³/mol. The molecule has 7 rings (SSSR count). The molecule has 0 fully saturated rings. The fraction of sp³-hybridized carbons (Fsp3) is 0.273. The van der Waals surface area contributed by atoms with Crippen molar-refractivity contribution in [3.8, 4) is 11.1 Å². The lowest BCUT2D eigenvalue weighted by Crippen LogP contribution is -2.59. The van der Waals surface area contributed by atoms with Crippen LogP contribution in [0.5, 0.6) is 0 Å². The van der Waals surface area contributed by atoms with Crippen LogP contribution in [-0.2, 0) is 48.0 Å². The summed E-state index contributed by atoms with van der Waals surface area (Å²) in [5.41, 5.74) is 4.44. The number of fused-ring (bicyclic) bond motifs is 18. The number of aliphatic carboxylic acids is 1. The third kappa shape index (κ3) is 11.9. The second kappa shape index (κ2) is 19.6. The van der Waals surface area contributed by atoms with E-state index in [2.05, 4.69) is 26.6 Å². The number of allylic oxidation sites excluding steroid dienone is 1. The van der Waals surface area contributed by atoms with E-state index >= 15 is 0 Å². The second-order valence-electron chi connectivity index (χ2n) is 14.1. The van der Waals surface area contributed by atoms with E-state index in [-0.39, 0.29) is 43.8 Å². The Morgan fingerprint density at radius 2 is 1.18 bits per heavy atom. The second-order valence-corrected chi connectivity index (χ2v) is 15.4. The van der Waals surface area contributed by atoms with Crippen LogP contribution in [0.3, 0.4) is 0 Å². The van der Waals surface area contributed by atoms with Crippen molar-refractivity contribution >= 4 is 53.0 Å². The van der Waals surface area contributed by atoms with E-state index in [9.17, 15) is 33.9 Å². The summed E-state index contributed by atoms with van der Waals surface area (Å²) in [4.78, 5) is 81.1. The summed E-state index contributed by atoms with van der Waals surface area (Å²) in [7, 11) is 0. The minimum Gasteiger partial charge on any atom is -0.480 e. The summed E-state index contributed by atoms with van der Waals surface area (Å²) in [5.74, 6) is -4.18. The standard InChI is InChI=1S/C44H45N5O7S/c50-39-21-22-40(51)46-37(27-34-12-7-23-57-34)43(54)48-36(25-29-13-17-32(18-14-29)31-10-5-2-6-11-31)41(52)47-35(24-28-8-3-1-4-9-28)42(53)49-38(44(55)56)26-30-15-19-33(45-39)20-16-30/h1-11,13-20,23,34-38H,12,21-22,24-27H2,(H,45,50)(H,46,51)(H,47,52)(H,48,54)(H,49,53)(H,55,56)/t34?,35-,36-,37-,38+/m0/s1. The molecule has 5 amide bonds. The van der Waals surface area contributed by atoms with E-state index < -0.39 is 59.7 Å². The van der Waals surface area contributed by atoms with Crippen molar-refractivity contribution in [2.24, 2.45) is 0 Å². The highest BCUT2D eigenvalue weighted by molar-refractivity contribution is 8.03. The summed E-state index contributed by atoms with van der Waals surface area (Å²) in [6.07, 6.45) is 2.62. The zero-order valence-electron chi connectivity index (χ0n) is 31.2. The maximum absolute atomic E-state index is 14.4. The molecule has 4 aromatic carbocycles. The molecule has 3 heterocycles. The number of hydrogen-bond donors (Lipinski definition) is 6. The van der Waals surface area contributed by atoms with Crippen LogP contribution in [0.1, 0.15) is 42.4 Å². The van der Waals surface area contributed by atoms with Gasteiger partial charge < -0.3 is 31.7 Å². The molecule has 1 unspecified atom stereocenters. The molecule has 0 saturated heterocycles. The zero-order valence-corrected chi connectivity index (χ0v) is 32.0. The SMILES string of the molecule is O=C1CCC(=O)N[C@@H](CC2CC=CS2)C(=O)N[C@@H](Cc2ccc(-c3ccccc3)cc2)C(=O)N[C@@H](Cc2ccccc2)C(=O)N[C@@H](C(=O)O)Cc2ccc(cc2)N1. The molecule has 0 spiro atoms. The Bertz CT molecular complexity index is 2070. The Morgan fingerprint density at radius 1 is 0.614 bits per heavy atom. The molecule has 3 aliphatic heterocycles. The van der Waals surface area contributed by atoms with Gasteiger partial charge in [0.15, 0.2) is 0 Å². The van der Waals surface area contributed by atoms with Crippen LogP contribution in [0.2, 0.25) is 0 Å². The Balaban J connectivity index is 1.33. The number of carboxylic acids is 1. The molecule has 0 radical (unpaired) electrons. The van der Waals surface area contributed by atoms with Gasteiger partial charge in [0.1, 0.15) is 24.2 Å². The number of rotatable bonds is 8. The number of anilines is 1. The average molecular weight is 788 g/mol. The third-order valence-electron chi connectivity index (χ3n) is 9.84. The molecular weight excluding hydrogens is 743 g/mol. The van der Waals surface area contributed by atoms with E-state index in [1.807, 2.05) is 72.1 Å². The topological polar surface area (TPSA) is 183 Å². The first-order valence-electron chi connectivity index (χ1n) is 18.9. The molecule has 6 N–H and O–H groups in total. The van der Waals surface area contributed by atoms with Crippen molar-refractivity contribution in [2.45, 2.75) is 74.4 Å². The van der Waals surface area contributed by atoms with Crippen LogP contribution < -0.4 is 26.6 Å². The van der Waals surface area contributed by atoms with Crippen molar-refractivity contribution in [3.63, 3.8) is 0 Å². The molecular formula is C44H45N5O7S. The van der Waals surface area contributed by atoms with Gasteiger partial charge in [0.25, 0.3) is 0 Å². The first-order chi connectivity index (χ1) is 27.6. The summed E-state index contributed by atoms with van der Waals surface area (Å²) in [6, 6.07) is 28.1. The van der Waals surface area contributed by atoms with Crippen molar-refractivity contribution in [3.05, 3.63) is 137 Å². The summed E-state index contributed by atoms with van der Waals surface area (Å²) >= 11 is 1.54. The van der Waals surface area contributed by atoms with Crippen molar-refractivity contribution in [2.75, 3.05) is 5.32 Å². The first-order valence-corrected chi connectivity index (χ1v) is 19.8. The van der Waals surface area contributed by atoms with Crippen LogP contribution in [0.25, 0.3) is 11.1 Å². The lowest BCUT2D eigenvalue weighted by atomic mass is 9.99. The molecule has 57 heavy (non-hydrogen) atoms. The van der Waals surface area contributed by atoms with Crippen LogP contribution in [0.4, 0.5) is 5.69 Å². The first kappa shape index (κ1) is 40.5. The van der Waals surface area contributed by atoms with Gasteiger partial charge in [-0.25, -0.2) is 4.79 Å². The van der Waals surface area contributed by atoms with Gasteiger partial charge in [-0.1, -0.05) is 103 Å². The number of thioether (sulfide) groups is 1. The molecule has 294 valence electrons. The van der Waals surface area contributed by atoms with E-state index in [4.69, 9.17) is 0 Å². The smallest absolute Gasteiger partial charge is 0.326 e. The Hall–Kier alpha value is -6.21. The molecule has 2 bridgehead atoms. The fourth-order valence-electron chi connectivity index (χ4n) is 6.74. The minimum absolute atomic E-state index is 0.000681. The summed E-state index contributed by atoms with van der Waals surface area (Å²) < 4.78 is 0. The molecule has 0 saturated carbocycles.